The smallest absolute Gasteiger partial charge is 0.166 e. The predicted octanol–water partition coefficient (Wildman–Crippen LogP) is 0.912. The van der Waals surface area contributed by atoms with Crippen LogP contribution in [0.5, 0.6) is 0 Å². The molecule has 0 fully saturated rings. The van der Waals surface area contributed by atoms with Gasteiger partial charge in [0.25, 0.3) is 0 Å². The van der Waals surface area contributed by atoms with Crippen LogP contribution in [-0.2, 0) is 9.57 Å². The number of nitrogens with one attached hydrogen (secondary N) is 1. The van der Waals surface area contributed by atoms with Gasteiger partial charge in [-0.2, -0.15) is 5.48 Å². The molecule has 0 aliphatic rings. The van der Waals surface area contributed by atoms with E-state index in [9.17, 15) is 0 Å². The van der Waals surface area contributed by atoms with Gasteiger partial charge < -0.3 is 4.74 Å². The number of rotatable bonds is 6. The van der Waals surface area contributed by atoms with Gasteiger partial charge in [-0.15, -0.1) is 0 Å². The molecule has 0 heterocycles. The van der Waals surface area contributed by atoms with Gasteiger partial charge in [0, 0.05) is 13.7 Å². The molecule has 3 heteroatoms. The van der Waals surface area contributed by atoms with E-state index in [0.29, 0.717) is 6.79 Å². The Morgan fingerprint density at radius 3 is 2.78 bits per heavy atom. The molecule has 0 aromatic carbocycles. The second-order valence-electron chi connectivity index (χ2n) is 1.80. The van der Waals surface area contributed by atoms with Crippen molar-refractivity contribution in [3.8, 4) is 0 Å². The fourth-order valence-corrected chi connectivity index (χ4v) is 0.422. The minimum atomic E-state index is 0.323. The van der Waals surface area contributed by atoms with Crippen molar-refractivity contribution in [2.45, 2.75) is 19.8 Å². The highest BCUT2D eigenvalue weighted by atomic mass is 16.7. The summed E-state index contributed by atoms with van der Waals surface area (Å²) in [5.41, 5.74) is 2.76. The summed E-state index contributed by atoms with van der Waals surface area (Å²) in [7, 11) is 1.60. The zero-order chi connectivity index (χ0) is 6.95. The van der Waals surface area contributed by atoms with Crippen LogP contribution in [0.1, 0.15) is 19.8 Å². The van der Waals surface area contributed by atoms with Crippen LogP contribution in [-0.4, -0.2) is 20.4 Å². The molecule has 0 aliphatic heterocycles. The van der Waals surface area contributed by atoms with Crippen LogP contribution in [0.3, 0.4) is 0 Å². The van der Waals surface area contributed by atoms with Crippen molar-refractivity contribution in [2.24, 2.45) is 0 Å². The van der Waals surface area contributed by atoms with Gasteiger partial charge in [0.1, 0.15) is 0 Å². The molecule has 0 unspecified atom stereocenters. The Morgan fingerprint density at radius 2 is 2.22 bits per heavy atom. The lowest BCUT2D eigenvalue weighted by Crippen LogP contribution is -2.17. The van der Waals surface area contributed by atoms with Crippen LogP contribution in [0.15, 0.2) is 0 Å². The lowest BCUT2D eigenvalue weighted by molar-refractivity contribution is -0.0817. The maximum atomic E-state index is 4.81. The van der Waals surface area contributed by atoms with Gasteiger partial charge >= 0.3 is 0 Å². The van der Waals surface area contributed by atoms with E-state index in [1.54, 1.807) is 7.11 Å². The van der Waals surface area contributed by atoms with Gasteiger partial charge in [-0.05, 0) is 6.42 Å². The average molecular weight is 133 g/mol. The van der Waals surface area contributed by atoms with Gasteiger partial charge in [0.05, 0.1) is 0 Å². The van der Waals surface area contributed by atoms with Crippen molar-refractivity contribution in [3.63, 3.8) is 0 Å². The summed E-state index contributed by atoms with van der Waals surface area (Å²) in [5.74, 6) is 0. The summed E-state index contributed by atoms with van der Waals surface area (Å²) in [6.45, 7) is 3.36. The molecule has 0 saturated heterocycles. The summed E-state index contributed by atoms with van der Waals surface area (Å²) in [4.78, 5) is 4.81. The van der Waals surface area contributed by atoms with Crippen LogP contribution in [0.2, 0.25) is 0 Å². The van der Waals surface area contributed by atoms with E-state index in [2.05, 4.69) is 17.1 Å². The van der Waals surface area contributed by atoms with E-state index >= 15 is 0 Å². The van der Waals surface area contributed by atoms with Crippen LogP contribution < -0.4 is 5.48 Å². The molecule has 0 amide bonds. The van der Waals surface area contributed by atoms with Crippen molar-refractivity contribution in [1.82, 2.24) is 5.48 Å². The van der Waals surface area contributed by atoms with Crippen molar-refractivity contribution in [2.75, 3.05) is 20.4 Å². The summed E-state index contributed by atoms with van der Waals surface area (Å²) < 4.78 is 4.64. The Kier molecular flexibility index (Phi) is 7.77. The van der Waals surface area contributed by atoms with Crippen LogP contribution in [0, 0.1) is 0 Å². The zero-order valence-electron chi connectivity index (χ0n) is 6.14. The van der Waals surface area contributed by atoms with Crippen LogP contribution >= 0.6 is 0 Å². The molecule has 9 heavy (non-hydrogen) atoms. The molecule has 0 bridgehead atoms. The first-order chi connectivity index (χ1) is 4.41. The van der Waals surface area contributed by atoms with E-state index in [0.717, 1.165) is 13.0 Å². The van der Waals surface area contributed by atoms with Crippen molar-refractivity contribution in [3.05, 3.63) is 0 Å². The first-order valence-corrected chi connectivity index (χ1v) is 3.25. The van der Waals surface area contributed by atoms with Gasteiger partial charge in [-0.1, -0.05) is 13.3 Å². The number of ether oxygens (including phenoxy) is 1. The quantitative estimate of drug-likeness (QED) is 0.332. The number of methoxy groups -OCH3 is 1. The molecule has 0 spiro atoms. The van der Waals surface area contributed by atoms with Crippen LogP contribution in [0.4, 0.5) is 0 Å². The Hall–Kier alpha value is -0.120. The molecule has 0 radical (unpaired) electrons. The molecule has 56 valence electrons. The van der Waals surface area contributed by atoms with E-state index in [4.69, 9.17) is 4.84 Å². The minimum Gasteiger partial charge on any atom is -0.357 e. The molecule has 0 aromatic heterocycles. The Labute approximate surface area is 56.3 Å². The predicted molar refractivity (Wildman–Crippen MR) is 35.9 cm³/mol. The fourth-order valence-electron chi connectivity index (χ4n) is 0.422. The molecule has 0 aliphatic carbocycles. The standard InChI is InChI=1S/C6H15NO2/c1-3-4-5-7-9-6-8-2/h7H,3-6H2,1-2H3. The van der Waals surface area contributed by atoms with E-state index in [1.807, 2.05) is 0 Å². The normalized spacial score (nSPS) is 10.0. The highest BCUT2D eigenvalue weighted by Crippen LogP contribution is 1.81. The van der Waals surface area contributed by atoms with E-state index < -0.39 is 0 Å². The third-order valence-corrected chi connectivity index (χ3v) is 0.911. The maximum absolute atomic E-state index is 4.81. The highest BCUT2D eigenvalue weighted by Gasteiger charge is 1.82. The Morgan fingerprint density at radius 1 is 1.44 bits per heavy atom. The number of unbranched alkanes of at least 4 members (excludes halogenated alkanes) is 1. The van der Waals surface area contributed by atoms with E-state index in [-0.39, 0.29) is 0 Å². The molecule has 1 N–H and O–H groups in total. The number of hydroxylamine groups is 1. The largest absolute Gasteiger partial charge is 0.357 e. The summed E-state index contributed by atoms with van der Waals surface area (Å²) >= 11 is 0. The number of hydrogen-bond donors (Lipinski definition) is 1. The molecular formula is C6H15NO2. The van der Waals surface area contributed by atoms with Crippen molar-refractivity contribution in [1.29, 1.82) is 0 Å². The lowest BCUT2D eigenvalue weighted by atomic mass is 10.3. The van der Waals surface area contributed by atoms with Gasteiger partial charge in [-0.25, -0.2) is 0 Å². The van der Waals surface area contributed by atoms with E-state index in [1.165, 1.54) is 6.42 Å². The van der Waals surface area contributed by atoms with Crippen LogP contribution in [0.25, 0.3) is 0 Å². The molecule has 0 aromatic rings. The third kappa shape index (κ3) is 7.88. The summed E-state index contributed by atoms with van der Waals surface area (Å²) in [6.07, 6.45) is 2.33. The monoisotopic (exact) mass is 133 g/mol. The lowest BCUT2D eigenvalue weighted by Gasteiger charge is -2.01. The second kappa shape index (κ2) is 7.88. The van der Waals surface area contributed by atoms with Gasteiger partial charge in [-0.3, -0.25) is 4.84 Å². The first kappa shape index (κ1) is 8.88. The third-order valence-electron chi connectivity index (χ3n) is 0.911. The Balaban J connectivity index is 2.60. The fraction of sp³-hybridized carbons (Fsp3) is 1.00. The SMILES string of the molecule is CCCCNOCOC. The summed E-state index contributed by atoms with van der Waals surface area (Å²) in [5, 5.41) is 0. The van der Waals surface area contributed by atoms with Gasteiger partial charge in [0.15, 0.2) is 6.79 Å². The molecule has 0 atom stereocenters. The molecular weight excluding hydrogens is 118 g/mol. The topological polar surface area (TPSA) is 30.5 Å². The molecule has 0 rings (SSSR count). The Bertz CT molecular complexity index is 44.3. The van der Waals surface area contributed by atoms with Crippen molar-refractivity contribution >= 4 is 0 Å². The highest BCUT2D eigenvalue weighted by molar-refractivity contribution is 4.32. The first-order valence-electron chi connectivity index (χ1n) is 3.25. The zero-order valence-corrected chi connectivity index (χ0v) is 6.14. The molecule has 0 saturated carbocycles. The summed E-state index contributed by atoms with van der Waals surface area (Å²) in [6, 6.07) is 0. The average Bonchev–Trinajstić information content (AvgIpc) is 1.89. The van der Waals surface area contributed by atoms with Crippen molar-refractivity contribution < 1.29 is 9.57 Å². The second-order valence-corrected chi connectivity index (χ2v) is 1.80. The minimum absolute atomic E-state index is 0.323. The molecule has 3 nitrogen and oxygen atoms in total. The maximum Gasteiger partial charge on any atom is 0.166 e. The van der Waals surface area contributed by atoms with Gasteiger partial charge in [0.2, 0.25) is 0 Å². The number of hydrogen-bond acceptors (Lipinski definition) is 3.